The number of fused-ring (bicyclic) bond motifs is 1. The molecule has 0 saturated carbocycles. The van der Waals surface area contributed by atoms with E-state index < -0.39 is 0 Å². The highest BCUT2D eigenvalue weighted by Crippen LogP contribution is 2.24. The molecule has 1 heterocycles. The predicted octanol–water partition coefficient (Wildman–Crippen LogP) is -0.245. The molecule has 0 spiro atoms. The van der Waals surface area contributed by atoms with Crippen molar-refractivity contribution >= 4 is 23.2 Å². The summed E-state index contributed by atoms with van der Waals surface area (Å²) in [6, 6.07) is 7.31. The first-order valence-electron chi connectivity index (χ1n) is 5.78. The number of carbonyl (C=O) groups excluding carboxylic acids is 2. The standard InChI is InChI=1S/C12H16N4O2/c1-13-11(17)7-15-12(18)10-6-14-8-4-2-3-5-9(8)16-10/h2-5,10,14,16H,6-7H2,1H3,(H,13,17)(H,15,18). The van der Waals surface area contributed by atoms with E-state index >= 15 is 0 Å². The zero-order chi connectivity index (χ0) is 13.0. The Balaban J connectivity index is 1.92. The normalized spacial score (nSPS) is 16.8. The highest BCUT2D eigenvalue weighted by atomic mass is 16.2. The van der Waals surface area contributed by atoms with Gasteiger partial charge in [0, 0.05) is 13.6 Å². The van der Waals surface area contributed by atoms with E-state index in [1.807, 2.05) is 24.3 Å². The van der Waals surface area contributed by atoms with Gasteiger partial charge in [-0.1, -0.05) is 12.1 Å². The molecule has 18 heavy (non-hydrogen) atoms. The molecule has 1 aromatic carbocycles. The Morgan fingerprint density at radius 2 is 2.06 bits per heavy atom. The number of benzene rings is 1. The maximum absolute atomic E-state index is 11.8. The van der Waals surface area contributed by atoms with Crippen molar-refractivity contribution in [1.82, 2.24) is 10.6 Å². The lowest BCUT2D eigenvalue weighted by molar-refractivity contribution is -0.126. The Hall–Kier alpha value is -2.24. The Bertz CT molecular complexity index is 461. The molecule has 6 nitrogen and oxygen atoms in total. The highest BCUT2D eigenvalue weighted by molar-refractivity contribution is 5.91. The molecule has 6 heteroatoms. The molecule has 1 aromatic rings. The third kappa shape index (κ3) is 2.71. The van der Waals surface area contributed by atoms with Crippen LogP contribution in [0.5, 0.6) is 0 Å². The molecule has 0 bridgehead atoms. The summed E-state index contributed by atoms with van der Waals surface area (Å²) >= 11 is 0. The first kappa shape index (κ1) is 12.2. The van der Waals surface area contributed by atoms with Crippen molar-refractivity contribution in [2.45, 2.75) is 6.04 Å². The van der Waals surface area contributed by atoms with Crippen molar-refractivity contribution in [2.75, 3.05) is 30.8 Å². The molecule has 2 amide bonds. The maximum Gasteiger partial charge on any atom is 0.244 e. The topological polar surface area (TPSA) is 82.3 Å². The van der Waals surface area contributed by atoms with Crippen LogP contribution in [0.25, 0.3) is 0 Å². The number of nitrogens with one attached hydrogen (secondary N) is 4. The van der Waals surface area contributed by atoms with Gasteiger partial charge in [0.05, 0.1) is 17.9 Å². The fraction of sp³-hybridized carbons (Fsp3) is 0.333. The Morgan fingerprint density at radius 1 is 1.33 bits per heavy atom. The summed E-state index contributed by atoms with van der Waals surface area (Å²) in [5.41, 5.74) is 1.87. The van der Waals surface area contributed by atoms with Crippen LogP contribution in [0, 0.1) is 0 Å². The Morgan fingerprint density at radius 3 is 2.78 bits per heavy atom. The Kier molecular flexibility index (Phi) is 3.66. The van der Waals surface area contributed by atoms with Crippen molar-refractivity contribution in [3.8, 4) is 0 Å². The second-order valence-electron chi connectivity index (χ2n) is 4.01. The SMILES string of the molecule is CNC(=O)CNC(=O)C1CNc2ccccc2N1. The van der Waals surface area contributed by atoms with Gasteiger partial charge in [0.25, 0.3) is 0 Å². The van der Waals surface area contributed by atoms with Crippen molar-refractivity contribution < 1.29 is 9.59 Å². The molecule has 2 rings (SSSR count). The highest BCUT2D eigenvalue weighted by Gasteiger charge is 2.23. The fourth-order valence-electron chi connectivity index (χ4n) is 1.75. The zero-order valence-electron chi connectivity index (χ0n) is 10.1. The predicted molar refractivity (Wildman–Crippen MR) is 69.4 cm³/mol. The van der Waals surface area contributed by atoms with Gasteiger partial charge in [-0.25, -0.2) is 0 Å². The van der Waals surface area contributed by atoms with Crippen LogP contribution in [-0.4, -0.2) is 38.0 Å². The average Bonchev–Trinajstić information content (AvgIpc) is 2.43. The van der Waals surface area contributed by atoms with E-state index in [4.69, 9.17) is 0 Å². The molecule has 1 unspecified atom stereocenters. The summed E-state index contributed by atoms with van der Waals surface area (Å²) in [7, 11) is 1.53. The van der Waals surface area contributed by atoms with E-state index in [0.29, 0.717) is 6.54 Å². The third-order valence-corrected chi connectivity index (χ3v) is 2.77. The average molecular weight is 248 g/mol. The largest absolute Gasteiger partial charge is 0.381 e. The van der Waals surface area contributed by atoms with Gasteiger partial charge in [-0.2, -0.15) is 0 Å². The number of carbonyl (C=O) groups is 2. The molecule has 0 aliphatic carbocycles. The smallest absolute Gasteiger partial charge is 0.244 e. The van der Waals surface area contributed by atoms with Crippen LogP contribution in [0.4, 0.5) is 11.4 Å². The number of hydrogen-bond donors (Lipinski definition) is 4. The van der Waals surface area contributed by atoms with Gasteiger partial charge in [0.2, 0.25) is 11.8 Å². The molecule has 96 valence electrons. The van der Waals surface area contributed by atoms with E-state index in [9.17, 15) is 9.59 Å². The minimum absolute atomic E-state index is 0.00480. The van der Waals surface area contributed by atoms with Crippen LogP contribution in [0.1, 0.15) is 0 Å². The van der Waals surface area contributed by atoms with Crippen LogP contribution in [-0.2, 0) is 9.59 Å². The van der Waals surface area contributed by atoms with E-state index in [1.54, 1.807) is 0 Å². The molecule has 0 radical (unpaired) electrons. The molecule has 0 fully saturated rings. The number of likely N-dealkylation sites (N-methyl/N-ethyl adjacent to an activating group) is 1. The lowest BCUT2D eigenvalue weighted by Crippen LogP contribution is -2.48. The van der Waals surface area contributed by atoms with Gasteiger partial charge in [0.15, 0.2) is 0 Å². The summed E-state index contributed by atoms with van der Waals surface area (Å²) in [5.74, 6) is -0.409. The monoisotopic (exact) mass is 248 g/mol. The summed E-state index contributed by atoms with van der Waals surface area (Å²) in [6.07, 6.45) is 0. The van der Waals surface area contributed by atoms with Crippen molar-refractivity contribution in [1.29, 1.82) is 0 Å². The quantitative estimate of drug-likeness (QED) is 0.595. The van der Waals surface area contributed by atoms with Gasteiger partial charge >= 0.3 is 0 Å². The number of amides is 2. The van der Waals surface area contributed by atoms with Crippen LogP contribution in [0.2, 0.25) is 0 Å². The second kappa shape index (κ2) is 5.39. The second-order valence-corrected chi connectivity index (χ2v) is 4.01. The minimum atomic E-state index is -0.371. The molecule has 1 aliphatic rings. The number of anilines is 2. The summed E-state index contributed by atoms with van der Waals surface area (Å²) < 4.78 is 0. The van der Waals surface area contributed by atoms with Crippen molar-refractivity contribution in [3.05, 3.63) is 24.3 Å². The molecule has 0 aromatic heterocycles. The first-order valence-corrected chi connectivity index (χ1v) is 5.78. The van der Waals surface area contributed by atoms with Crippen LogP contribution in [0.3, 0.4) is 0 Å². The third-order valence-electron chi connectivity index (χ3n) is 2.77. The van der Waals surface area contributed by atoms with Crippen molar-refractivity contribution in [2.24, 2.45) is 0 Å². The number of hydrogen-bond acceptors (Lipinski definition) is 4. The minimum Gasteiger partial charge on any atom is -0.381 e. The number of para-hydroxylation sites is 2. The van der Waals surface area contributed by atoms with Crippen molar-refractivity contribution in [3.63, 3.8) is 0 Å². The van der Waals surface area contributed by atoms with Gasteiger partial charge in [-0.05, 0) is 12.1 Å². The van der Waals surface area contributed by atoms with Crippen LogP contribution in [0.15, 0.2) is 24.3 Å². The molecule has 1 atom stereocenters. The van der Waals surface area contributed by atoms with E-state index in [0.717, 1.165) is 11.4 Å². The molecule has 1 aliphatic heterocycles. The van der Waals surface area contributed by atoms with Crippen LogP contribution >= 0.6 is 0 Å². The summed E-state index contributed by atoms with van der Waals surface area (Å²) in [6.45, 7) is 0.492. The van der Waals surface area contributed by atoms with Crippen LogP contribution < -0.4 is 21.3 Å². The fourth-order valence-corrected chi connectivity index (χ4v) is 1.75. The lowest BCUT2D eigenvalue weighted by atomic mass is 10.1. The molecule has 4 N–H and O–H groups in total. The maximum atomic E-state index is 11.8. The van der Waals surface area contributed by atoms with E-state index in [-0.39, 0.29) is 24.4 Å². The molecular weight excluding hydrogens is 232 g/mol. The summed E-state index contributed by atoms with van der Waals surface area (Å²) in [4.78, 5) is 22.9. The van der Waals surface area contributed by atoms with Gasteiger partial charge in [-0.3, -0.25) is 9.59 Å². The van der Waals surface area contributed by atoms with Gasteiger partial charge < -0.3 is 21.3 Å². The first-order chi connectivity index (χ1) is 8.70. The lowest BCUT2D eigenvalue weighted by Gasteiger charge is -2.27. The molecule has 0 saturated heterocycles. The van der Waals surface area contributed by atoms with Gasteiger partial charge in [-0.15, -0.1) is 0 Å². The van der Waals surface area contributed by atoms with E-state index in [2.05, 4.69) is 21.3 Å². The van der Waals surface area contributed by atoms with Gasteiger partial charge in [0.1, 0.15) is 6.04 Å². The van der Waals surface area contributed by atoms with E-state index in [1.165, 1.54) is 7.05 Å². The summed E-state index contributed by atoms with van der Waals surface area (Å²) in [5, 5.41) is 11.3. The Labute approximate surface area is 105 Å². The molecular formula is C12H16N4O2. The number of rotatable bonds is 3. The zero-order valence-corrected chi connectivity index (χ0v) is 10.1.